The van der Waals surface area contributed by atoms with E-state index in [9.17, 15) is 9.59 Å². The molecule has 3 aromatic rings. The number of fused-ring (bicyclic) bond motifs is 1. The maximum Gasteiger partial charge on any atom is 0.249 e. The van der Waals surface area contributed by atoms with Gasteiger partial charge in [0, 0.05) is 55.5 Å². The minimum atomic E-state index is -0.498. The van der Waals surface area contributed by atoms with Crippen LogP contribution >= 0.6 is 0 Å². The van der Waals surface area contributed by atoms with E-state index in [4.69, 9.17) is 10.5 Å². The highest BCUT2D eigenvalue weighted by molar-refractivity contribution is 5.95. The van der Waals surface area contributed by atoms with Gasteiger partial charge in [-0.1, -0.05) is 18.2 Å². The van der Waals surface area contributed by atoms with Gasteiger partial charge in [-0.05, 0) is 85.4 Å². The summed E-state index contributed by atoms with van der Waals surface area (Å²) in [7, 11) is 1.55. The predicted molar refractivity (Wildman–Crippen MR) is 153 cm³/mol. The number of nitrogens with zero attached hydrogens (tertiary/aromatic N) is 4. The summed E-state index contributed by atoms with van der Waals surface area (Å²) in [5.74, 6) is 0.238. The number of primary amides is 1. The van der Waals surface area contributed by atoms with Crippen molar-refractivity contribution in [2.75, 3.05) is 33.3 Å². The van der Waals surface area contributed by atoms with E-state index in [0.29, 0.717) is 35.6 Å². The second kappa shape index (κ2) is 10.7. The molecule has 1 atom stereocenters. The van der Waals surface area contributed by atoms with Gasteiger partial charge in [0.05, 0.1) is 12.8 Å². The molecule has 0 unspecified atom stereocenters. The summed E-state index contributed by atoms with van der Waals surface area (Å²) in [6.07, 6.45) is 6.89. The fraction of sp³-hybridized carbons (Fsp3) is 0.438. The molecule has 0 bridgehead atoms. The first-order chi connectivity index (χ1) is 19.3. The largest absolute Gasteiger partial charge is 0.497 e. The van der Waals surface area contributed by atoms with Gasteiger partial charge in [-0.25, -0.2) is 9.97 Å². The van der Waals surface area contributed by atoms with Gasteiger partial charge in [0.1, 0.15) is 12.1 Å². The van der Waals surface area contributed by atoms with E-state index >= 15 is 0 Å². The van der Waals surface area contributed by atoms with Gasteiger partial charge >= 0.3 is 0 Å². The Morgan fingerprint density at radius 1 is 1.07 bits per heavy atom. The third kappa shape index (κ3) is 5.08. The third-order valence-corrected chi connectivity index (χ3v) is 9.17. The standard InChI is InChI=1S/C32H37N5O3/c1-21-15-28(35-20-34-21)24-4-8-26-23(16-24)5-9-29(26)37-18-32(19-37)11-13-36(14-12-32)30(38)10-6-22-3-7-25(40-2)17-27(22)31(33)39/h3-4,7-8,15-17,20,29H,5-6,9-14,18-19H2,1-2H3,(H2,33,39)/t29-/m1/s1. The molecule has 3 heterocycles. The van der Waals surface area contributed by atoms with Crippen LogP contribution in [0, 0.1) is 12.3 Å². The predicted octanol–water partition coefficient (Wildman–Crippen LogP) is 4.10. The number of nitrogens with two attached hydrogens (primary N) is 1. The average Bonchev–Trinajstić information content (AvgIpc) is 3.37. The van der Waals surface area contributed by atoms with Crippen LogP contribution in [0.3, 0.4) is 0 Å². The summed E-state index contributed by atoms with van der Waals surface area (Å²) in [5, 5.41) is 0. The molecule has 2 aromatic carbocycles. The van der Waals surface area contributed by atoms with E-state index in [0.717, 1.165) is 62.4 Å². The molecule has 40 heavy (non-hydrogen) atoms. The third-order valence-electron chi connectivity index (χ3n) is 9.17. The first kappa shape index (κ1) is 26.4. The van der Waals surface area contributed by atoms with Crippen LogP contribution in [-0.4, -0.2) is 64.9 Å². The normalized spacial score (nSPS) is 19.8. The van der Waals surface area contributed by atoms with E-state index in [1.54, 1.807) is 25.6 Å². The number of likely N-dealkylation sites (tertiary alicyclic amines) is 2. The Morgan fingerprint density at radius 3 is 2.60 bits per heavy atom. The Kier molecular flexibility index (Phi) is 7.04. The van der Waals surface area contributed by atoms with Crippen molar-refractivity contribution < 1.29 is 14.3 Å². The number of aromatic nitrogens is 2. The van der Waals surface area contributed by atoms with Crippen LogP contribution in [0.2, 0.25) is 0 Å². The number of benzene rings is 2. The summed E-state index contributed by atoms with van der Waals surface area (Å²) in [6, 6.07) is 14.6. The van der Waals surface area contributed by atoms with Gasteiger partial charge in [0.2, 0.25) is 11.8 Å². The zero-order valence-corrected chi connectivity index (χ0v) is 23.4. The molecule has 1 aromatic heterocycles. The highest BCUT2D eigenvalue weighted by Crippen LogP contribution is 2.48. The van der Waals surface area contributed by atoms with Crippen LogP contribution in [-0.2, 0) is 17.6 Å². The molecule has 6 rings (SSSR count). The van der Waals surface area contributed by atoms with Crippen LogP contribution in [0.4, 0.5) is 0 Å². The van der Waals surface area contributed by atoms with Crippen LogP contribution in [0.1, 0.15) is 64.5 Å². The number of ether oxygens (including phenoxy) is 1. The summed E-state index contributed by atoms with van der Waals surface area (Å²) >= 11 is 0. The van der Waals surface area contributed by atoms with Gasteiger partial charge in [-0.2, -0.15) is 0 Å². The maximum absolute atomic E-state index is 13.0. The number of aryl methyl sites for hydroxylation is 3. The summed E-state index contributed by atoms with van der Waals surface area (Å²) in [4.78, 5) is 38.2. The average molecular weight is 540 g/mol. The molecule has 208 valence electrons. The Labute approximate surface area is 235 Å². The second-order valence-electron chi connectivity index (χ2n) is 11.7. The van der Waals surface area contributed by atoms with Crippen LogP contribution in [0.5, 0.6) is 5.75 Å². The molecule has 2 aliphatic heterocycles. The highest BCUT2D eigenvalue weighted by atomic mass is 16.5. The van der Waals surface area contributed by atoms with Crippen LogP contribution in [0.25, 0.3) is 11.3 Å². The van der Waals surface area contributed by atoms with Crippen LogP contribution in [0.15, 0.2) is 48.8 Å². The van der Waals surface area contributed by atoms with E-state index in [1.165, 1.54) is 23.1 Å². The van der Waals surface area contributed by atoms with Gasteiger partial charge in [0.25, 0.3) is 0 Å². The van der Waals surface area contributed by atoms with Gasteiger partial charge < -0.3 is 15.4 Å². The lowest BCUT2D eigenvalue weighted by Crippen LogP contribution is -2.61. The monoisotopic (exact) mass is 539 g/mol. The molecule has 2 fully saturated rings. The summed E-state index contributed by atoms with van der Waals surface area (Å²) < 4.78 is 5.21. The number of methoxy groups -OCH3 is 1. The topological polar surface area (TPSA) is 102 Å². The zero-order valence-electron chi connectivity index (χ0n) is 23.4. The molecular weight excluding hydrogens is 502 g/mol. The highest BCUT2D eigenvalue weighted by Gasteiger charge is 2.48. The lowest BCUT2D eigenvalue weighted by molar-refractivity contribution is -0.137. The van der Waals surface area contributed by atoms with E-state index in [2.05, 4.69) is 33.1 Å². The molecule has 1 aliphatic carbocycles. The molecule has 1 spiro atoms. The molecule has 3 aliphatic rings. The maximum atomic E-state index is 13.0. The van der Waals surface area contributed by atoms with Gasteiger partial charge in [-0.15, -0.1) is 0 Å². The zero-order chi connectivity index (χ0) is 27.9. The smallest absolute Gasteiger partial charge is 0.249 e. The minimum Gasteiger partial charge on any atom is -0.497 e. The van der Waals surface area contributed by atoms with Crippen molar-refractivity contribution in [3.63, 3.8) is 0 Å². The molecule has 2 amide bonds. The van der Waals surface area contributed by atoms with Gasteiger partial charge in [-0.3, -0.25) is 14.5 Å². The number of hydrogen-bond donors (Lipinski definition) is 1. The van der Waals surface area contributed by atoms with Crippen molar-refractivity contribution in [3.8, 4) is 17.0 Å². The quantitative estimate of drug-likeness (QED) is 0.485. The molecule has 8 nitrogen and oxygen atoms in total. The molecule has 8 heteroatoms. The fourth-order valence-corrected chi connectivity index (χ4v) is 6.86. The van der Waals surface area contributed by atoms with E-state index in [1.807, 2.05) is 24.0 Å². The Morgan fingerprint density at radius 2 is 1.88 bits per heavy atom. The van der Waals surface area contributed by atoms with Crippen molar-refractivity contribution in [1.29, 1.82) is 0 Å². The van der Waals surface area contributed by atoms with Crippen molar-refractivity contribution in [2.24, 2.45) is 11.1 Å². The summed E-state index contributed by atoms with van der Waals surface area (Å²) in [6.45, 7) is 5.83. The van der Waals surface area contributed by atoms with Crippen LogP contribution < -0.4 is 10.5 Å². The number of carbonyl (C=O) groups is 2. The first-order valence-electron chi connectivity index (χ1n) is 14.2. The minimum absolute atomic E-state index is 0.150. The molecule has 0 saturated carbocycles. The second-order valence-corrected chi connectivity index (χ2v) is 11.7. The molecular formula is C32H37N5O3. The summed E-state index contributed by atoms with van der Waals surface area (Å²) in [5.41, 5.74) is 13.1. The fourth-order valence-electron chi connectivity index (χ4n) is 6.86. The van der Waals surface area contributed by atoms with Crippen molar-refractivity contribution >= 4 is 11.8 Å². The van der Waals surface area contributed by atoms with Gasteiger partial charge in [0.15, 0.2) is 0 Å². The van der Waals surface area contributed by atoms with E-state index in [-0.39, 0.29) is 5.91 Å². The Bertz CT molecular complexity index is 1440. The first-order valence-corrected chi connectivity index (χ1v) is 14.2. The molecule has 0 radical (unpaired) electrons. The van der Waals surface area contributed by atoms with Crippen molar-refractivity contribution in [2.45, 2.75) is 51.5 Å². The number of amides is 2. The molecule has 2 N–H and O–H groups in total. The Hall–Kier alpha value is -3.78. The van der Waals surface area contributed by atoms with Crippen molar-refractivity contribution in [3.05, 3.63) is 76.7 Å². The number of carbonyl (C=O) groups excluding carboxylic acids is 2. The number of hydrogen-bond acceptors (Lipinski definition) is 6. The number of piperidine rings is 1. The Balaban J connectivity index is 1.01. The van der Waals surface area contributed by atoms with Crippen molar-refractivity contribution in [1.82, 2.24) is 19.8 Å². The SMILES string of the molecule is COc1ccc(CCC(=O)N2CCC3(CC2)CN([C@@H]2CCc4cc(-c5cc(C)ncn5)ccc42)C3)c(C(N)=O)c1. The lowest BCUT2D eigenvalue weighted by Gasteiger charge is -2.56. The number of rotatable bonds is 7. The lowest BCUT2D eigenvalue weighted by atomic mass is 9.71. The molecule has 2 saturated heterocycles. The van der Waals surface area contributed by atoms with E-state index < -0.39 is 5.91 Å².